The summed E-state index contributed by atoms with van der Waals surface area (Å²) < 4.78 is 11.5. The lowest BCUT2D eigenvalue weighted by Gasteiger charge is -2.32. The molecule has 3 aromatic carbocycles. The molecule has 32 heavy (non-hydrogen) atoms. The van der Waals surface area contributed by atoms with E-state index in [1.165, 1.54) is 5.56 Å². The van der Waals surface area contributed by atoms with Crippen molar-refractivity contribution in [2.75, 3.05) is 20.2 Å². The van der Waals surface area contributed by atoms with Crippen molar-refractivity contribution in [2.45, 2.75) is 32.8 Å². The standard InChI is InChI=1S/C28H31NO3/c1-21-8-6-7-11-26(21)32-20-25-19-24(12-13-27(25)31-2)28(30)29-16-14-23(15-17-29)18-22-9-4-3-5-10-22/h3-13,19,23H,14-18,20H2,1-2H3. The van der Waals surface area contributed by atoms with Crippen molar-refractivity contribution in [1.82, 2.24) is 4.90 Å². The lowest BCUT2D eigenvalue weighted by Crippen LogP contribution is -2.39. The number of nitrogens with zero attached hydrogens (tertiary/aromatic N) is 1. The predicted molar refractivity (Wildman–Crippen MR) is 127 cm³/mol. The van der Waals surface area contributed by atoms with Gasteiger partial charge in [-0.25, -0.2) is 0 Å². The minimum absolute atomic E-state index is 0.0861. The van der Waals surface area contributed by atoms with E-state index < -0.39 is 0 Å². The summed E-state index contributed by atoms with van der Waals surface area (Å²) in [5, 5.41) is 0. The fourth-order valence-corrected chi connectivity index (χ4v) is 4.37. The average molecular weight is 430 g/mol. The van der Waals surface area contributed by atoms with Gasteiger partial charge in [-0.2, -0.15) is 0 Å². The van der Waals surface area contributed by atoms with E-state index in [2.05, 4.69) is 30.3 Å². The van der Waals surface area contributed by atoms with Gasteiger partial charge in [-0.15, -0.1) is 0 Å². The summed E-state index contributed by atoms with van der Waals surface area (Å²) in [7, 11) is 1.64. The highest BCUT2D eigenvalue weighted by Gasteiger charge is 2.24. The summed E-state index contributed by atoms with van der Waals surface area (Å²) in [4.78, 5) is 15.2. The first-order valence-electron chi connectivity index (χ1n) is 11.3. The monoisotopic (exact) mass is 429 g/mol. The minimum Gasteiger partial charge on any atom is -0.496 e. The number of carbonyl (C=O) groups is 1. The molecule has 1 fully saturated rings. The third-order valence-corrected chi connectivity index (χ3v) is 6.27. The lowest BCUT2D eigenvalue weighted by atomic mass is 9.90. The van der Waals surface area contributed by atoms with Gasteiger partial charge in [0.05, 0.1) is 7.11 Å². The van der Waals surface area contributed by atoms with Crippen molar-refractivity contribution < 1.29 is 14.3 Å². The molecular weight excluding hydrogens is 398 g/mol. The fourth-order valence-electron chi connectivity index (χ4n) is 4.37. The molecule has 4 rings (SSSR count). The van der Waals surface area contributed by atoms with Crippen molar-refractivity contribution in [1.29, 1.82) is 0 Å². The largest absolute Gasteiger partial charge is 0.496 e. The van der Waals surface area contributed by atoms with E-state index in [-0.39, 0.29) is 5.91 Å². The molecule has 1 amide bonds. The van der Waals surface area contributed by atoms with Crippen LogP contribution in [-0.4, -0.2) is 31.0 Å². The zero-order chi connectivity index (χ0) is 22.3. The summed E-state index contributed by atoms with van der Waals surface area (Å²) in [6, 6.07) is 24.2. The Morgan fingerprint density at radius 1 is 0.938 bits per heavy atom. The zero-order valence-electron chi connectivity index (χ0n) is 18.9. The Morgan fingerprint density at radius 3 is 2.38 bits per heavy atom. The zero-order valence-corrected chi connectivity index (χ0v) is 18.9. The average Bonchev–Trinajstić information content (AvgIpc) is 2.84. The van der Waals surface area contributed by atoms with Crippen LogP contribution >= 0.6 is 0 Å². The highest BCUT2D eigenvalue weighted by molar-refractivity contribution is 5.94. The summed E-state index contributed by atoms with van der Waals surface area (Å²) in [6.45, 7) is 3.98. The van der Waals surface area contributed by atoms with Crippen molar-refractivity contribution >= 4 is 5.91 Å². The SMILES string of the molecule is COc1ccc(C(=O)N2CCC(Cc3ccccc3)CC2)cc1COc1ccccc1C. The lowest BCUT2D eigenvalue weighted by molar-refractivity contribution is 0.0690. The molecule has 0 radical (unpaired) electrons. The van der Waals surface area contributed by atoms with Gasteiger partial charge in [0.15, 0.2) is 0 Å². The number of hydrogen-bond acceptors (Lipinski definition) is 3. The smallest absolute Gasteiger partial charge is 0.253 e. The normalized spacial score (nSPS) is 14.2. The number of likely N-dealkylation sites (tertiary alicyclic amines) is 1. The third kappa shape index (κ3) is 5.31. The van der Waals surface area contributed by atoms with E-state index in [9.17, 15) is 4.79 Å². The maximum atomic E-state index is 13.2. The van der Waals surface area contributed by atoms with E-state index in [4.69, 9.17) is 9.47 Å². The molecule has 0 aliphatic carbocycles. The molecule has 1 aliphatic heterocycles. The summed E-state index contributed by atoms with van der Waals surface area (Å²) in [5.41, 5.74) is 4.03. The first-order chi connectivity index (χ1) is 15.6. The first kappa shape index (κ1) is 21.9. The van der Waals surface area contributed by atoms with E-state index >= 15 is 0 Å². The second kappa shape index (κ2) is 10.4. The summed E-state index contributed by atoms with van der Waals surface area (Å²) >= 11 is 0. The fraction of sp³-hybridized carbons (Fsp3) is 0.321. The number of ether oxygens (including phenoxy) is 2. The number of para-hydroxylation sites is 1. The highest BCUT2D eigenvalue weighted by Crippen LogP contribution is 2.26. The van der Waals surface area contributed by atoms with Gasteiger partial charge in [-0.05, 0) is 67.5 Å². The Balaban J connectivity index is 1.39. The third-order valence-electron chi connectivity index (χ3n) is 6.27. The van der Waals surface area contributed by atoms with Crippen LogP contribution in [0, 0.1) is 12.8 Å². The number of benzene rings is 3. The molecule has 3 aromatic rings. The number of carbonyl (C=O) groups excluding carboxylic acids is 1. The van der Waals surface area contributed by atoms with Gasteiger partial charge in [0.2, 0.25) is 0 Å². The van der Waals surface area contributed by atoms with E-state index in [1.807, 2.05) is 54.3 Å². The van der Waals surface area contributed by atoms with Crippen molar-refractivity contribution in [3.8, 4) is 11.5 Å². The number of aryl methyl sites for hydroxylation is 1. The number of piperidine rings is 1. The van der Waals surface area contributed by atoms with Crippen LogP contribution in [0.25, 0.3) is 0 Å². The Labute approximate surface area is 190 Å². The Kier molecular flexibility index (Phi) is 7.10. The van der Waals surface area contributed by atoms with Crippen LogP contribution in [-0.2, 0) is 13.0 Å². The van der Waals surface area contributed by atoms with Gasteiger partial charge >= 0.3 is 0 Å². The molecule has 0 saturated carbocycles. The van der Waals surface area contributed by atoms with Crippen LogP contribution in [0.3, 0.4) is 0 Å². The number of hydrogen-bond donors (Lipinski definition) is 0. The molecule has 0 aromatic heterocycles. The number of amides is 1. The van der Waals surface area contributed by atoms with Crippen LogP contribution in [0.1, 0.15) is 39.9 Å². The van der Waals surface area contributed by atoms with Gasteiger partial charge in [0, 0.05) is 24.2 Å². The Morgan fingerprint density at radius 2 is 1.66 bits per heavy atom. The van der Waals surface area contributed by atoms with Crippen LogP contribution < -0.4 is 9.47 Å². The van der Waals surface area contributed by atoms with Gasteiger partial charge in [-0.1, -0.05) is 48.5 Å². The molecule has 166 valence electrons. The molecule has 0 spiro atoms. The maximum Gasteiger partial charge on any atom is 0.253 e. The van der Waals surface area contributed by atoms with Crippen molar-refractivity contribution in [3.05, 3.63) is 95.1 Å². The number of rotatable bonds is 7. The minimum atomic E-state index is 0.0861. The molecule has 0 atom stereocenters. The quantitative estimate of drug-likeness (QED) is 0.485. The summed E-state index contributed by atoms with van der Waals surface area (Å²) in [6.07, 6.45) is 3.17. The molecular formula is C28H31NO3. The molecule has 1 heterocycles. The van der Waals surface area contributed by atoms with Crippen LogP contribution in [0.4, 0.5) is 0 Å². The number of methoxy groups -OCH3 is 1. The second-order valence-electron chi connectivity index (χ2n) is 8.51. The molecule has 4 nitrogen and oxygen atoms in total. The van der Waals surface area contributed by atoms with Crippen LogP contribution in [0.2, 0.25) is 0 Å². The molecule has 0 N–H and O–H groups in total. The van der Waals surface area contributed by atoms with Gasteiger partial charge in [0.1, 0.15) is 18.1 Å². The molecule has 1 saturated heterocycles. The molecule has 0 unspecified atom stereocenters. The maximum absolute atomic E-state index is 13.2. The predicted octanol–water partition coefficient (Wildman–Crippen LogP) is 5.68. The van der Waals surface area contributed by atoms with Crippen LogP contribution in [0.15, 0.2) is 72.8 Å². The highest BCUT2D eigenvalue weighted by atomic mass is 16.5. The summed E-state index contributed by atoms with van der Waals surface area (Å²) in [5.74, 6) is 2.29. The second-order valence-corrected chi connectivity index (χ2v) is 8.51. The van der Waals surface area contributed by atoms with Gasteiger partial charge in [0.25, 0.3) is 5.91 Å². The van der Waals surface area contributed by atoms with E-state index in [1.54, 1.807) is 7.11 Å². The molecule has 1 aliphatic rings. The van der Waals surface area contributed by atoms with E-state index in [0.29, 0.717) is 18.1 Å². The van der Waals surface area contributed by atoms with Gasteiger partial charge < -0.3 is 14.4 Å². The molecule has 0 bridgehead atoms. The van der Waals surface area contributed by atoms with Crippen LogP contribution in [0.5, 0.6) is 11.5 Å². The van der Waals surface area contributed by atoms with Crippen molar-refractivity contribution in [3.63, 3.8) is 0 Å². The van der Waals surface area contributed by atoms with Gasteiger partial charge in [-0.3, -0.25) is 4.79 Å². The first-order valence-corrected chi connectivity index (χ1v) is 11.3. The van der Waals surface area contributed by atoms with Crippen molar-refractivity contribution in [2.24, 2.45) is 5.92 Å². The van der Waals surface area contributed by atoms with E-state index in [0.717, 1.165) is 55.0 Å². The topological polar surface area (TPSA) is 38.8 Å². The molecule has 4 heteroatoms. The Bertz CT molecular complexity index is 1040. The Hall–Kier alpha value is -3.27.